The van der Waals surface area contributed by atoms with E-state index < -0.39 is 5.41 Å². The van der Waals surface area contributed by atoms with Gasteiger partial charge in [-0.15, -0.1) is 0 Å². The summed E-state index contributed by atoms with van der Waals surface area (Å²) in [4.78, 5) is 46.1. The molecule has 8 heteroatoms. The number of benzene rings is 1. The molecule has 0 aliphatic carbocycles. The van der Waals surface area contributed by atoms with Gasteiger partial charge in [0.05, 0.1) is 12.2 Å². The van der Waals surface area contributed by atoms with Crippen LogP contribution in [-0.4, -0.2) is 72.3 Å². The van der Waals surface area contributed by atoms with Crippen molar-refractivity contribution in [3.8, 4) is 5.75 Å². The van der Waals surface area contributed by atoms with E-state index in [1.807, 2.05) is 24.3 Å². The summed E-state index contributed by atoms with van der Waals surface area (Å²) in [6.07, 6.45) is 4.52. The smallest absolute Gasteiger partial charge is 0.254 e. The molecule has 2 aliphatic heterocycles. The average Bonchev–Trinajstić information content (AvgIpc) is 3.28. The van der Waals surface area contributed by atoms with E-state index in [0.29, 0.717) is 56.0 Å². The van der Waals surface area contributed by atoms with Gasteiger partial charge in [0.25, 0.3) is 5.91 Å². The van der Waals surface area contributed by atoms with Crippen LogP contribution in [0.25, 0.3) is 0 Å². The molecule has 1 aromatic heterocycles. The molecular weight excluding hydrogens is 420 g/mol. The van der Waals surface area contributed by atoms with E-state index in [1.165, 1.54) is 0 Å². The molecule has 2 fully saturated rings. The number of rotatable bonds is 7. The normalized spacial score (nSPS) is 20.6. The highest BCUT2D eigenvalue weighted by molar-refractivity contribution is 5.96. The third kappa shape index (κ3) is 4.84. The summed E-state index contributed by atoms with van der Waals surface area (Å²) in [5.74, 6) is 0.484. The summed E-state index contributed by atoms with van der Waals surface area (Å²) in [5.41, 5.74) is 0.314. The van der Waals surface area contributed by atoms with E-state index in [2.05, 4.69) is 10.3 Å². The predicted molar refractivity (Wildman–Crippen MR) is 123 cm³/mol. The largest absolute Gasteiger partial charge is 0.492 e. The molecule has 0 unspecified atom stereocenters. The zero-order valence-corrected chi connectivity index (χ0v) is 19.0. The maximum atomic E-state index is 13.4. The first-order valence-electron chi connectivity index (χ1n) is 11.5. The van der Waals surface area contributed by atoms with Crippen LogP contribution >= 0.6 is 0 Å². The number of ether oxygens (including phenoxy) is 1. The molecule has 174 valence electrons. The third-order valence-corrected chi connectivity index (χ3v) is 6.48. The molecule has 8 nitrogen and oxygen atoms in total. The highest BCUT2D eigenvalue weighted by Crippen LogP contribution is 2.34. The lowest BCUT2D eigenvalue weighted by Crippen LogP contribution is -2.56. The minimum atomic E-state index is -0.875. The Labute approximate surface area is 193 Å². The Kier molecular flexibility index (Phi) is 6.91. The Hall–Kier alpha value is -3.42. The van der Waals surface area contributed by atoms with E-state index in [9.17, 15) is 14.4 Å². The highest BCUT2D eigenvalue weighted by Gasteiger charge is 2.45. The summed E-state index contributed by atoms with van der Waals surface area (Å²) in [5, 5.41) is 2.77. The van der Waals surface area contributed by atoms with Crippen molar-refractivity contribution in [3.05, 3.63) is 59.9 Å². The fourth-order valence-electron chi connectivity index (χ4n) is 4.74. The predicted octanol–water partition coefficient (Wildman–Crippen LogP) is 2.00. The van der Waals surface area contributed by atoms with Crippen molar-refractivity contribution in [2.45, 2.75) is 31.1 Å². The Balaban J connectivity index is 1.46. The van der Waals surface area contributed by atoms with E-state index in [-0.39, 0.29) is 24.3 Å². The first-order valence-corrected chi connectivity index (χ1v) is 11.5. The minimum Gasteiger partial charge on any atom is -0.492 e. The second kappa shape index (κ2) is 10.0. The number of carbonyl (C=O) groups is 3. The van der Waals surface area contributed by atoms with Crippen molar-refractivity contribution in [1.29, 1.82) is 0 Å². The zero-order valence-electron chi connectivity index (χ0n) is 19.0. The number of aromatic nitrogens is 1. The van der Waals surface area contributed by atoms with Gasteiger partial charge in [0.1, 0.15) is 17.8 Å². The number of hydrogen-bond acceptors (Lipinski definition) is 5. The molecule has 3 amide bonds. The van der Waals surface area contributed by atoms with E-state index in [0.717, 1.165) is 13.0 Å². The summed E-state index contributed by atoms with van der Waals surface area (Å²) in [6, 6.07) is 12.6. The van der Waals surface area contributed by atoms with Gasteiger partial charge in [-0.1, -0.05) is 12.1 Å². The summed E-state index contributed by atoms with van der Waals surface area (Å²) in [7, 11) is 1.62. The first-order chi connectivity index (χ1) is 16.0. The molecule has 0 saturated carbocycles. The van der Waals surface area contributed by atoms with Crippen LogP contribution in [0, 0.1) is 0 Å². The topological polar surface area (TPSA) is 91.8 Å². The molecule has 2 aliphatic rings. The number of nitrogens with one attached hydrogen (secondary N) is 1. The Morgan fingerprint density at radius 2 is 2.03 bits per heavy atom. The molecule has 4 rings (SSSR count). The lowest BCUT2D eigenvalue weighted by molar-refractivity contribution is -0.128. The van der Waals surface area contributed by atoms with Gasteiger partial charge in [-0.2, -0.15) is 0 Å². The second-order valence-corrected chi connectivity index (χ2v) is 8.57. The van der Waals surface area contributed by atoms with Crippen molar-refractivity contribution in [2.75, 3.05) is 39.8 Å². The van der Waals surface area contributed by atoms with Crippen LogP contribution in [0.15, 0.2) is 48.7 Å². The standard InChI is InChI=1S/C25H30N4O4/c1-26-24(32)25(21-9-2-3-12-27-21)11-6-14-29(18-25)23(31)19-7-4-8-20(17-19)33-16-15-28-13-5-10-22(28)30/h2-4,7-9,12,17H,5-6,10-11,13-16,18H2,1H3,(H,26,32)/t25-/m0/s1. The molecule has 0 radical (unpaired) electrons. The SMILES string of the molecule is CNC(=O)[C@@]1(c2ccccn2)CCCN(C(=O)c2cccc(OCCN3CCCC3=O)c2)C1. The van der Waals surface area contributed by atoms with Crippen LogP contribution in [0.4, 0.5) is 0 Å². The summed E-state index contributed by atoms with van der Waals surface area (Å²) < 4.78 is 5.82. The number of pyridine rings is 1. The maximum absolute atomic E-state index is 13.4. The van der Waals surface area contributed by atoms with Crippen molar-refractivity contribution in [2.24, 2.45) is 0 Å². The monoisotopic (exact) mass is 450 g/mol. The fourth-order valence-corrected chi connectivity index (χ4v) is 4.74. The summed E-state index contributed by atoms with van der Waals surface area (Å²) >= 11 is 0. The van der Waals surface area contributed by atoms with E-state index >= 15 is 0 Å². The molecule has 1 atom stereocenters. The van der Waals surface area contributed by atoms with Gasteiger partial charge < -0.3 is 19.9 Å². The number of nitrogens with zero attached hydrogens (tertiary/aromatic N) is 3. The maximum Gasteiger partial charge on any atom is 0.254 e. The van der Waals surface area contributed by atoms with Crippen molar-refractivity contribution >= 4 is 17.7 Å². The van der Waals surface area contributed by atoms with E-state index in [4.69, 9.17) is 4.74 Å². The molecular formula is C25H30N4O4. The molecule has 33 heavy (non-hydrogen) atoms. The average molecular weight is 451 g/mol. The minimum absolute atomic E-state index is 0.132. The van der Waals surface area contributed by atoms with Crippen LogP contribution in [0.1, 0.15) is 41.7 Å². The molecule has 2 saturated heterocycles. The highest BCUT2D eigenvalue weighted by atomic mass is 16.5. The molecule has 3 heterocycles. The Bertz CT molecular complexity index is 1010. The number of amides is 3. The van der Waals surface area contributed by atoms with Gasteiger partial charge in [0, 0.05) is 44.9 Å². The Morgan fingerprint density at radius 3 is 2.76 bits per heavy atom. The lowest BCUT2D eigenvalue weighted by Gasteiger charge is -2.41. The number of hydrogen-bond donors (Lipinski definition) is 1. The number of piperidine rings is 1. The molecule has 0 bridgehead atoms. The zero-order chi connectivity index (χ0) is 23.3. The van der Waals surface area contributed by atoms with Crippen LogP contribution in [0.3, 0.4) is 0 Å². The van der Waals surface area contributed by atoms with Crippen LogP contribution in [0.2, 0.25) is 0 Å². The van der Waals surface area contributed by atoms with Gasteiger partial charge >= 0.3 is 0 Å². The Morgan fingerprint density at radius 1 is 1.15 bits per heavy atom. The molecule has 0 spiro atoms. The quantitative estimate of drug-likeness (QED) is 0.697. The molecule has 1 aromatic carbocycles. The molecule has 2 aromatic rings. The van der Waals surface area contributed by atoms with Crippen LogP contribution in [-0.2, 0) is 15.0 Å². The van der Waals surface area contributed by atoms with Gasteiger partial charge in [-0.25, -0.2) is 0 Å². The number of likely N-dealkylation sites (tertiary alicyclic amines) is 2. The first kappa shape index (κ1) is 22.8. The third-order valence-electron chi connectivity index (χ3n) is 6.48. The van der Waals surface area contributed by atoms with Crippen molar-refractivity contribution in [1.82, 2.24) is 20.1 Å². The van der Waals surface area contributed by atoms with Gasteiger partial charge in [-0.3, -0.25) is 19.4 Å². The van der Waals surface area contributed by atoms with Gasteiger partial charge in [0.15, 0.2) is 0 Å². The number of carbonyl (C=O) groups excluding carboxylic acids is 3. The second-order valence-electron chi connectivity index (χ2n) is 8.57. The molecule has 1 N–H and O–H groups in total. The van der Waals surface area contributed by atoms with Crippen LogP contribution < -0.4 is 10.1 Å². The van der Waals surface area contributed by atoms with Gasteiger partial charge in [0.2, 0.25) is 11.8 Å². The summed E-state index contributed by atoms with van der Waals surface area (Å²) in [6.45, 7) is 2.55. The van der Waals surface area contributed by atoms with Crippen molar-refractivity contribution in [3.63, 3.8) is 0 Å². The number of likely N-dealkylation sites (N-methyl/N-ethyl adjacent to an activating group) is 1. The van der Waals surface area contributed by atoms with Crippen molar-refractivity contribution < 1.29 is 19.1 Å². The van der Waals surface area contributed by atoms with E-state index in [1.54, 1.807) is 41.2 Å². The lowest BCUT2D eigenvalue weighted by atomic mass is 9.75. The van der Waals surface area contributed by atoms with Gasteiger partial charge in [-0.05, 0) is 49.6 Å². The van der Waals surface area contributed by atoms with Crippen LogP contribution in [0.5, 0.6) is 5.75 Å². The fraction of sp³-hybridized carbons (Fsp3) is 0.440.